The molecule has 1 N–H and O–H groups in total. The second-order valence-electron chi connectivity index (χ2n) is 6.54. The number of benzene rings is 2. The van der Waals surface area contributed by atoms with Crippen LogP contribution in [-0.4, -0.2) is 22.7 Å². The van der Waals surface area contributed by atoms with E-state index in [0.717, 1.165) is 5.56 Å². The van der Waals surface area contributed by atoms with Crippen LogP contribution in [0.15, 0.2) is 69.7 Å². The molecule has 0 saturated heterocycles. The van der Waals surface area contributed by atoms with Crippen LogP contribution in [-0.2, 0) is 4.79 Å². The van der Waals surface area contributed by atoms with E-state index in [-0.39, 0.29) is 11.5 Å². The maximum atomic E-state index is 12.9. The van der Waals surface area contributed by atoms with Gasteiger partial charge in [0.25, 0.3) is 5.91 Å². The first-order valence-electron chi connectivity index (χ1n) is 8.84. The van der Waals surface area contributed by atoms with Gasteiger partial charge in [0.15, 0.2) is 0 Å². The third kappa shape index (κ3) is 3.75. The Balaban J connectivity index is 1.59. The predicted octanol–water partition coefficient (Wildman–Crippen LogP) is 5.76. The molecule has 1 aromatic heterocycles. The first-order valence-corrected chi connectivity index (χ1v) is 9.59. The number of amides is 1. The van der Waals surface area contributed by atoms with Crippen LogP contribution >= 0.6 is 23.2 Å². The minimum Gasteiger partial charge on any atom is -0.478 e. The summed E-state index contributed by atoms with van der Waals surface area (Å²) in [4.78, 5) is 23.9. The van der Waals surface area contributed by atoms with Crippen molar-refractivity contribution in [3.05, 3.63) is 81.5 Å². The minimum atomic E-state index is -1.04. The number of hydrogen-bond donors (Lipinski definition) is 1. The molecular formula is C22H14Cl2N2O4. The number of furan rings is 1. The summed E-state index contributed by atoms with van der Waals surface area (Å²) in [6.07, 6.45) is 1.62. The molecule has 8 heteroatoms. The van der Waals surface area contributed by atoms with Crippen molar-refractivity contribution in [3.8, 4) is 11.3 Å². The van der Waals surface area contributed by atoms with Gasteiger partial charge < -0.3 is 9.52 Å². The van der Waals surface area contributed by atoms with Crippen LogP contribution in [0.5, 0.6) is 0 Å². The maximum absolute atomic E-state index is 12.9. The lowest BCUT2D eigenvalue weighted by Gasteiger charge is -2.11. The largest absolute Gasteiger partial charge is 0.478 e. The van der Waals surface area contributed by atoms with Gasteiger partial charge in [0, 0.05) is 5.56 Å². The molecule has 4 rings (SSSR count). The molecule has 1 aliphatic heterocycles. The molecule has 0 unspecified atom stereocenters. The number of hydrogen-bond acceptors (Lipinski definition) is 4. The molecular weight excluding hydrogens is 427 g/mol. The Morgan fingerprint density at radius 1 is 1.07 bits per heavy atom. The molecule has 0 atom stereocenters. The summed E-state index contributed by atoms with van der Waals surface area (Å²) in [6.45, 7) is 1.72. The predicted molar refractivity (Wildman–Crippen MR) is 116 cm³/mol. The summed E-state index contributed by atoms with van der Waals surface area (Å²) in [6, 6.07) is 14.6. The summed E-state index contributed by atoms with van der Waals surface area (Å²) in [5.74, 6) is -0.299. The number of carboxylic acid groups (broad SMARTS) is 1. The SMILES string of the molecule is CC1=NN(c2ccc(C(=O)O)cc2)C(=O)C1=Cc1ccc(-c2ccc(Cl)c(Cl)c2)o1. The van der Waals surface area contributed by atoms with Crippen molar-refractivity contribution in [2.75, 3.05) is 5.01 Å². The molecule has 3 aromatic rings. The van der Waals surface area contributed by atoms with Crippen molar-refractivity contribution in [1.82, 2.24) is 0 Å². The van der Waals surface area contributed by atoms with Crippen molar-refractivity contribution in [1.29, 1.82) is 0 Å². The highest BCUT2D eigenvalue weighted by Gasteiger charge is 2.29. The molecule has 0 fully saturated rings. The molecule has 1 aliphatic rings. The van der Waals surface area contributed by atoms with Gasteiger partial charge in [0.05, 0.1) is 32.6 Å². The van der Waals surface area contributed by atoms with Gasteiger partial charge in [-0.3, -0.25) is 4.79 Å². The summed E-state index contributed by atoms with van der Waals surface area (Å²) in [7, 11) is 0. The Kier molecular flexibility index (Phi) is 5.20. The van der Waals surface area contributed by atoms with E-state index in [1.54, 1.807) is 43.3 Å². The molecule has 6 nitrogen and oxygen atoms in total. The van der Waals surface area contributed by atoms with E-state index in [2.05, 4.69) is 5.10 Å². The Morgan fingerprint density at radius 2 is 1.80 bits per heavy atom. The number of anilines is 1. The van der Waals surface area contributed by atoms with Gasteiger partial charge in [0.2, 0.25) is 0 Å². The number of carbonyl (C=O) groups is 2. The highest BCUT2D eigenvalue weighted by molar-refractivity contribution is 6.42. The van der Waals surface area contributed by atoms with Gasteiger partial charge in [-0.05, 0) is 67.6 Å². The summed E-state index contributed by atoms with van der Waals surface area (Å²) >= 11 is 12.0. The van der Waals surface area contributed by atoms with Gasteiger partial charge in [-0.2, -0.15) is 10.1 Å². The quantitative estimate of drug-likeness (QED) is 0.522. The lowest BCUT2D eigenvalue weighted by molar-refractivity contribution is -0.114. The van der Waals surface area contributed by atoms with E-state index in [1.807, 2.05) is 0 Å². The fourth-order valence-electron chi connectivity index (χ4n) is 2.98. The molecule has 0 saturated carbocycles. The van der Waals surface area contributed by atoms with Crippen LogP contribution in [0.3, 0.4) is 0 Å². The summed E-state index contributed by atoms with van der Waals surface area (Å²) in [5.41, 5.74) is 2.27. The van der Waals surface area contributed by atoms with Crippen LogP contribution in [0.4, 0.5) is 5.69 Å². The molecule has 150 valence electrons. The lowest BCUT2D eigenvalue weighted by Crippen LogP contribution is -2.21. The first kappa shape index (κ1) is 19.9. The van der Waals surface area contributed by atoms with Gasteiger partial charge >= 0.3 is 5.97 Å². The molecule has 2 aromatic carbocycles. The average Bonchev–Trinajstić information content (AvgIpc) is 3.30. The second kappa shape index (κ2) is 7.82. The van der Waals surface area contributed by atoms with Crippen LogP contribution in [0.1, 0.15) is 23.0 Å². The topological polar surface area (TPSA) is 83.1 Å². The van der Waals surface area contributed by atoms with Crippen molar-refractivity contribution < 1.29 is 19.1 Å². The number of aromatic carboxylic acids is 1. The van der Waals surface area contributed by atoms with E-state index in [4.69, 9.17) is 32.7 Å². The van der Waals surface area contributed by atoms with Gasteiger partial charge in [-0.15, -0.1) is 0 Å². The van der Waals surface area contributed by atoms with E-state index in [0.29, 0.717) is 38.5 Å². The van der Waals surface area contributed by atoms with E-state index >= 15 is 0 Å². The molecule has 0 radical (unpaired) electrons. The zero-order valence-electron chi connectivity index (χ0n) is 15.6. The molecule has 0 spiro atoms. The van der Waals surface area contributed by atoms with E-state index in [9.17, 15) is 9.59 Å². The van der Waals surface area contributed by atoms with Gasteiger partial charge in [0.1, 0.15) is 11.5 Å². The molecule has 2 heterocycles. The smallest absolute Gasteiger partial charge is 0.335 e. The van der Waals surface area contributed by atoms with Crippen LogP contribution in [0.2, 0.25) is 10.0 Å². The van der Waals surface area contributed by atoms with Gasteiger partial charge in [-0.1, -0.05) is 23.2 Å². The summed E-state index contributed by atoms with van der Waals surface area (Å²) in [5, 5.41) is 15.4. The van der Waals surface area contributed by atoms with E-state index < -0.39 is 5.97 Å². The third-order valence-corrected chi connectivity index (χ3v) is 5.28. The summed E-state index contributed by atoms with van der Waals surface area (Å²) < 4.78 is 5.84. The first-order chi connectivity index (χ1) is 14.3. The number of rotatable bonds is 4. The van der Waals surface area contributed by atoms with Crippen molar-refractivity contribution >= 4 is 52.6 Å². The molecule has 30 heavy (non-hydrogen) atoms. The van der Waals surface area contributed by atoms with Crippen LogP contribution in [0, 0.1) is 0 Å². The second-order valence-corrected chi connectivity index (χ2v) is 7.36. The fraction of sp³-hybridized carbons (Fsp3) is 0.0455. The van der Waals surface area contributed by atoms with Crippen LogP contribution < -0.4 is 5.01 Å². The van der Waals surface area contributed by atoms with Crippen LogP contribution in [0.25, 0.3) is 17.4 Å². The zero-order chi connectivity index (χ0) is 21.4. The number of carboxylic acids is 1. The Hall–Kier alpha value is -3.35. The fourth-order valence-corrected chi connectivity index (χ4v) is 3.28. The molecule has 0 bridgehead atoms. The minimum absolute atomic E-state index is 0.132. The highest BCUT2D eigenvalue weighted by atomic mass is 35.5. The normalized spacial score (nSPS) is 15.0. The van der Waals surface area contributed by atoms with Crippen molar-refractivity contribution in [3.63, 3.8) is 0 Å². The molecule has 0 aliphatic carbocycles. The standard InChI is InChI=1S/C22H14Cl2N2O4/c1-12-17(21(27)26(25-12)15-5-2-13(3-6-15)22(28)29)11-16-7-9-20(30-16)14-4-8-18(23)19(24)10-14/h2-11H,1H3,(H,28,29). The monoisotopic (exact) mass is 440 g/mol. The number of carbonyl (C=O) groups excluding carboxylic acids is 1. The van der Waals surface area contributed by atoms with E-state index in [1.165, 1.54) is 29.3 Å². The van der Waals surface area contributed by atoms with Crippen molar-refractivity contribution in [2.24, 2.45) is 5.10 Å². The zero-order valence-corrected chi connectivity index (χ0v) is 17.1. The number of hydrazone groups is 1. The average molecular weight is 441 g/mol. The highest BCUT2D eigenvalue weighted by Crippen LogP contribution is 2.31. The lowest BCUT2D eigenvalue weighted by atomic mass is 10.1. The Morgan fingerprint density at radius 3 is 2.47 bits per heavy atom. The maximum Gasteiger partial charge on any atom is 0.335 e. The molecule has 1 amide bonds. The third-order valence-electron chi connectivity index (χ3n) is 4.54. The van der Waals surface area contributed by atoms with Crippen molar-refractivity contribution in [2.45, 2.75) is 6.92 Å². The Labute approximate surface area is 181 Å². The number of nitrogens with zero attached hydrogens (tertiary/aromatic N) is 2. The number of halogens is 2. The van der Waals surface area contributed by atoms with Gasteiger partial charge in [-0.25, -0.2) is 4.79 Å². The Bertz CT molecular complexity index is 1230.